The number of nitrogens with zero attached hydrogens (tertiary/aromatic N) is 1. The maximum absolute atomic E-state index is 12.6. The molecule has 0 saturated carbocycles. The Morgan fingerprint density at radius 3 is 2.57 bits per heavy atom. The van der Waals surface area contributed by atoms with Crippen LogP contribution in [0.4, 0.5) is 5.69 Å². The van der Waals surface area contributed by atoms with Crippen LogP contribution in [-0.4, -0.2) is 17.9 Å². The molecule has 0 radical (unpaired) electrons. The number of ketones is 1. The van der Waals surface area contributed by atoms with E-state index in [2.05, 4.69) is 4.98 Å². The van der Waals surface area contributed by atoms with E-state index in [9.17, 15) is 4.79 Å². The molecule has 3 aromatic rings. The van der Waals surface area contributed by atoms with Gasteiger partial charge in [0.25, 0.3) is 0 Å². The van der Waals surface area contributed by atoms with Gasteiger partial charge in [0.15, 0.2) is 5.78 Å². The number of nitrogens with two attached hydrogens (primary N) is 1. The van der Waals surface area contributed by atoms with Crippen molar-refractivity contribution < 1.29 is 9.53 Å². The molecule has 0 aliphatic carbocycles. The highest BCUT2D eigenvalue weighted by atomic mass is 16.5. The molecule has 0 aliphatic heterocycles. The van der Waals surface area contributed by atoms with Crippen LogP contribution in [0, 0.1) is 0 Å². The standard InChI is InChI=1S/C17H14N2O2/c1-21-13-7-4-12(5-8-13)17(20)14-9-6-11-3-2-10-19-16(11)15(14)18/h2-10H,18H2,1H3. The second-order valence-corrected chi connectivity index (χ2v) is 4.66. The van der Waals surface area contributed by atoms with Gasteiger partial charge in [-0.05, 0) is 36.4 Å². The number of anilines is 1. The van der Waals surface area contributed by atoms with Crippen molar-refractivity contribution in [3.05, 3.63) is 65.9 Å². The first-order valence-electron chi connectivity index (χ1n) is 6.52. The van der Waals surface area contributed by atoms with Crippen LogP contribution in [0.5, 0.6) is 5.75 Å². The Morgan fingerprint density at radius 2 is 1.86 bits per heavy atom. The lowest BCUT2D eigenvalue weighted by atomic mass is 9.99. The molecule has 4 heteroatoms. The van der Waals surface area contributed by atoms with Gasteiger partial charge < -0.3 is 10.5 Å². The first-order chi connectivity index (χ1) is 10.2. The third-order valence-electron chi connectivity index (χ3n) is 3.41. The van der Waals surface area contributed by atoms with E-state index in [0.717, 1.165) is 5.39 Å². The Bertz CT molecular complexity index is 811. The lowest BCUT2D eigenvalue weighted by Crippen LogP contribution is -2.06. The second-order valence-electron chi connectivity index (χ2n) is 4.66. The molecule has 0 aliphatic rings. The van der Waals surface area contributed by atoms with Crippen molar-refractivity contribution in [1.29, 1.82) is 0 Å². The minimum atomic E-state index is -0.122. The fourth-order valence-corrected chi connectivity index (χ4v) is 2.26. The van der Waals surface area contributed by atoms with Crippen molar-refractivity contribution in [1.82, 2.24) is 4.98 Å². The molecule has 21 heavy (non-hydrogen) atoms. The van der Waals surface area contributed by atoms with Crippen molar-refractivity contribution >= 4 is 22.4 Å². The van der Waals surface area contributed by atoms with Crippen LogP contribution in [0.25, 0.3) is 10.9 Å². The van der Waals surface area contributed by atoms with Crippen molar-refractivity contribution in [2.75, 3.05) is 12.8 Å². The van der Waals surface area contributed by atoms with Crippen molar-refractivity contribution in [3.8, 4) is 5.75 Å². The molecule has 2 aromatic carbocycles. The number of rotatable bonds is 3. The number of fused-ring (bicyclic) bond motifs is 1. The smallest absolute Gasteiger partial charge is 0.195 e. The van der Waals surface area contributed by atoms with Crippen LogP contribution >= 0.6 is 0 Å². The van der Waals surface area contributed by atoms with Gasteiger partial charge in [0.1, 0.15) is 5.75 Å². The van der Waals surface area contributed by atoms with Crippen molar-refractivity contribution in [2.24, 2.45) is 0 Å². The van der Waals surface area contributed by atoms with E-state index in [1.54, 1.807) is 43.6 Å². The van der Waals surface area contributed by atoms with Gasteiger partial charge in [0.05, 0.1) is 18.3 Å². The van der Waals surface area contributed by atoms with Gasteiger partial charge >= 0.3 is 0 Å². The van der Waals surface area contributed by atoms with E-state index >= 15 is 0 Å². The van der Waals surface area contributed by atoms with Gasteiger partial charge in [0.2, 0.25) is 0 Å². The van der Waals surface area contributed by atoms with Gasteiger partial charge in [0, 0.05) is 22.7 Å². The lowest BCUT2D eigenvalue weighted by Gasteiger charge is -2.08. The van der Waals surface area contributed by atoms with Crippen molar-refractivity contribution in [2.45, 2.75) is 0 Å². The molecule has 0 spiro atoms. The maximum atomic E-state index is 12.6. The molecular formula is C17H14N2O2. The number of carbonyl (C=O) groups is 1. The highest BCUT2D eigenvalue weighted by molar-refractivity contribution is 6.15. The Kier molecular flexibility index (Phi) is 3.28. The van der Waals surface area contributed by atoms with Gasteiger partial charge in [-0.2, -0.15) is 0 Å². The molecule has 0 amide bonds. The molecule has 0 saturated heterocycles. The molecule has 104 valence electrons. The summed E-state index contributed by atoms with van der Waals surface area (Å²) in [6, 6.07) is 14.3. The first kappa shape index (κ1) is 13.1. The third kappa shape index (κ3) is 2.31. The molecule has 0 unspecified atom stereocenters. The minimum absolute atomic E-state index is 0.122. The third-order valence-corrected chi connectivity index (χ3v) is 3.41. The average Bonchev–Trinajstić information content (AvgIpc) is 2.55. The zero-order valence-corrected chi connectivity index (χ0v) is 11.5. The average molecular weight is 278 g/mol. The Morgan fingerprint density at radius 1 is 1.10 bits per heavy atom. The van der Waals surface area contributed by atoms with Gasteiger partial charge in [-0.3, -0.25) is 9.78 Å². The highest BCUT2D eigenvalue weighted by Gasteiger charge is 2.14. The van der Waals surface area contributed by atoms with Crippen LogP contribution in [0.3, 0.4) is 0 Å². The molecule has 0 bridgehead atoms. The second kappa shape index (κ2) is 5.25. The van der Waals surface area contributed by atoms with E-state index < -0.39 is 0 Å². The predicted octanol–water partition coefficient (Wildman–Crippen LogP) is 3.06. The predicted molar refractivity (Wildman–Crippen MR) is 82.6 cm³/mol. The number of methoxy groups -OCH3 is 1. The quantitative estimate of drug-likeness (QED) is 0.590. The minimum Gasteiger partial charge on any atom is -0.497 e. The van der Waals surface area contributed by atoms with E-state index in [4.69, 9.17) is 10.5 Å². The number of hydrogen-bond acceptors (Lipinski definition) is 4. The number of benzene rings is 2. The summed E-state index contributed by atoms with van der Waals surface area (Å²) in [6.45, 7) is 0. The molecule has 4 nitrogen and oxygen atoms in total. The van der Waals surface area contributed by atoms with E-state index in [1.165, 1.54) is 0 Å². The maximum Gasteiger partial charge on any atom is 0.195 e. The summed E-state index contributed by atoms with van der Waals surface area (Å²) in [7, 11) is 1.59. The van der Waals surface area contributed by atoms with Crippen LogP contribution < -0.4 is 10.5 Å². The Hall–Kier alpha value is -2.88. The summed E-state index contributed by atoms with van der Waals surface area (Å²) in [4.78, 5) is 16.8. The molecule has 0 atom stereocenters. The summed E-state index contributed by atoms with van der Waals surface area (Å²) in [5.74, 6) is 0.586. The van der Waals surface area contributed by atoms with Gasteiger partial charge in [-0.25, -0.2) is 0 Å². The first-order valence-corrected chi connectivity index (χ1v) is 6.52. The lowest BCUT2D eigenvalue weighted by molar-refractivity contribution is 0.103. The molecule has 1 heterocycles. The Balaban J connectivity index is 2.06. The van der Waals surface area contributed by atoms with E-state index in [-0.39, 0.29) is 5.78 Å². The number of ether oxygens (including phenoxy) is 1. The fraction of sp³-hybridized carbons (Fsp3) is 0.0588. The molecule has 1 aromatic heterocycles. The normalized spacial score (nSPS) is 10.5. The Labute approximate surface area is 122 Å². The fourth-order valence-electron chi connectivity index (χ4n) is 2.26. The number of nitrogen functional groups attached to an aromatic ring is 1. The summed E-state index contributed by atoms with van der Waals surface area (Å²) in [6.07, 6.45) is 1.67. The SMILES string of the molecule is COc1ccc(C(=O)c2ccc3cccnc3c2N)cc1. The zero-order chi connectivity index (χ0) is 14.8. The topological polar surface area (TPSA) is 65.2 Å². The van der Waals surface area contributed by atoms with Crippen molar-refractivity contribution in [3.63, 3.8) is 0 Å². The molecule has 0 fully saturated rings. The number of carbonyl (C=O) groups excluding carboxylic acids is 1. The van der Waals surface area contributed by atoms with E-state index in [1.807, 2.05) is 18.2 Å². The number of pyridine rings is 1. The highest BCUT2D eigenvalue weighted by Crippen LogP contribution is 2.25. The largest absolute Gasteiger partial charge is 0.497 e. The van der Waals surface area contributed by atoms with Crippen LogP contribution in [0.15, 0.2) is 54.7 Å². The summed E-state index contributed by atoms with van der Waals surface area (Å²) >= 11 is 0. The zero-order valence-electron chi connectivity index (χ0n) is 11.5. The van der Waals surface area contributed by atoms with Gasteiger partial charge in [-0.15, -0.1) is 0 Å². The summed E-state index contributed by atoms with van der Waals surface area (Å²) in [5.41, 5.74) is 8.20. The molecular weight excluding hydrogens is 264 g/mol. The number of aromatic nitrogens is 1. The summed E-state index contributed by atoms with van der Waals surface area (Å²) in [5, 5.41) is 0.918. The van der Waals surface area contributed by atoms with Gasteiger partial charge in [-0.1, -0.05) is 12.1 Å². The number of hydrogen-bond donors (Lipinski definition) is 1. The van der Waals surface area contributed by atoms with Crippen LogP contribution in [0.1, 0.15) is 15.9 Å². The molecule has 3 rings (SSSR count). The van der Waals surface area contributed by atoms with E-state index in [0.29, 0.717) is 28.1 Å². The monoisotopic (exact) mass is 278 g/mol. The van der Waals surface area contributed by atoms with Crippen LogP contribution in [0.2, 0.25) is 0 Å². The molecule has 2 N–H and O–H groups in total. The van der Waals surface area contributed by atoms with Crippen LogP contribution in [-0.2, 0) is 0 Å². The summed E-state index contributed by atoms with van der Waals surface area (Å²) < 4.78 is 5.09.